The minimum Gasteiger partial charge on any atom is -0.465 e. The first-order valence-electron chi connectivity index (χ1n) is 8.68. The lowest BCUT2D eigenvalue weighted by atomic mass is 10.2. The number of hydrogen-bond acceptors (Lipinski definition) is 5. The molecule has 7 nitrogen and oxygen atoms in total. The maximum atomic E-state index is 13.3. The lowest BCUT2D eigenvalue weighted by Gasteiger charge is -2.32. The van der Waals surface area contributed by atoms with Crippen molar-refractivity contribution in [2.75, 3.05) is 36.6 Å². The Labute approximate surface area is 164 Å². The zero-order chi connectivity index (χ0) is 20.1. The molecule has 1 fully saturated rings. The van der Waals surface area contributed by atoms with Gasteiger partial charge in [-0.25, -0.2) is 14.0 Å². The third kappa shape index (κ3) is 4.72. The number of methoxy groups -OCH3 is 1. The number of rotatable bonds is 4. The van der Waals surface area contributed by atoms with Crippen LogP contribution in [-0.4, -0.2) is 57.8 Å². The Balaban J connectivity index is 1.83. The predicted molar refractivity (Wildman–Crippen MR) is 103 cm³/mol. The van der Waals surface area contributed by atoms with E-state index in [1.807, 2.05) is 0 Å². The Morgan fingerprint density at radius 1 is 1.18 bits per heavy atom. The molecule has 2 heterocycles. The molecule has 1 saturated heterocycles. The molecule has 1 aromatic heterocycles. The summed E-state index contributed by atoms with van der Waals surface area (Å²) in [6.45, 7) is 0.946. The third-order valence-corrected chi connectivity index (χ3v) is 5.66. The number of nitrogens with zero attached hydrogens (tertiary/aromatic N) is 3. The second kappa shape index (κ2) is 8.92. The van der Waals surface area contributed by atoms with Crippen LogP contribution >= 0.6 is 0 Å². The lowest BCUT2D eigenvalue weighted by Crippen LogP contribution is -2.48. The number of ether oxygens (including phenoxy) is 1. The first kappa shape index (κ1) is 19.9. The molecular weight excluding hydrogens is 385 g/mol. The predicted octanol–water partition coefficient (Wildman–Crippen LogP) is 2.20. The summed E-state index contributed by atoms with van der Waals surface area (Å²) in [5, 5.41) is 0. The molecule has 0 unspecified atom stereocenters. The molecule has 0 N–H and O–H groups in total. The molecule has 0 atom stereocenters. The van der Waals surface area contributed by atoms with E-state index in [9.17, 15) is 18.2 Å². The zero-order valence-corrected chi connectivity index (χ0v) is 16.2. The summed E-state index contributed by atoms with van der Waals surface area (Å²) in [6.07, 6.45) is 1.39. The Bertz CT molecular complexity index is 864. The summed E-state index contributed by atoms with van der Waals surface area (Å²) in [5.74, 6) is -0.0126. The van der Waals surface area contributed by atoms with Crippen LogP contribution < -0.4 is 4.90 Å². The fraction of sp³-hybridized carbons (Fsp3) is 0.316. The maximum Gasteiger partial charge on any atom is 0.339 e. The van der Waals surface area contributed by atoms with Crippen molar-refractivity contribution in [2.45, 2.75) is 6.54 Å². The van der Waals surface area contributed by atoms with Crippen LogP contribution in [0.3, 0.4) is 0 Å². The topological polar surface area (TPSA) is 79.8 Å². The van der Waals surface area contributed by atoms with Gasteiger partial charge in [-0.1, -0.05) is 0 Å². The van der Waals surface area contributed by atoms with E-state index in [0.717, 1.165) is 0 Å². The van der Waals surface area contributed by atoms with Gasteiger partial charge in [-0.3, -0.25) is 14.1 Å². The van der Waals surface area contributed by atoms with Gasteiger partial charge in [0.15, 0.2) is 0 Å². The van der Waals surface area contributed by atoms with E-state index in [4.69, 9.17) is 0 Å². The van der Waals surface area contributed by atoms with E-state index < -0.39 is 22.6 Å². The highest BCUT2D eigenvalue weighted by Gasteiger charge is 2.26. The van der Waals surface area contributed by atoms with E-state index in [2.05, 4.69) is 9.72 Å². The minimum absolute atomic E-state index is 0.144. The first-order valence-corrected chi connectivity index (χ1v) is 10.2. The smallest absolute Gasteiger partial charge is 0.339 e. The number of urea groups is 1. The van der Waals surface area contributed by atoms with E-state index in [0.29, 0.717) is 41.5 Å². The number of aromatic nitrogens is 1. The van der Waals surface area contributed by atoms with Crippen LogP contribution in [0, 0.1) is 5.82 Å². The number of esters is 1. The van der Waals surface area contributed by atoms with Crippen molar-refractivity contribution >= 4 is 28.5 Å². The van der Waals surface area contributed by atoms with Gasteiger partial charge in [0.25, 0.3) is 0 Å². The van der Waals surface area contributed by atoms with E-state index in [-0.39, 0.29) is 12.6 Å². The van der Waals surface area contributed by atoms with E-state index in [1.165, 1.54) is 42.5 Å². The highest BCUT2D eigenvalue weighted by molar-refractivity contribution is 7.85. The monoisotopic (exact) mass is 405 g/mol. The number of benzene rings is 1. The van der Waals surface area contributed by atoms with Crippen molar-refractivity contribution in [3.05, 3.63) is 59.7 Å². The fourth-order valence-corrected chi connectivity index (χ4v) is 3.86. The summed E-state index contributed by atoms with van der Waals surface area (Å²) in [5.41, 5.74) is 1.40. The van der Waals surface area contributed by atoms with Crippen LogP contribution in [0.25, 0.3) is 0 Å². The molecule has 0 bridgehead atoms. The second-order valence-electron chi connectivity index (χ2n) is 6.21. The Morgan fingerprint density at radius 2 is 1.86 bits per heavy atom. The van der Waals surface area contributed by atoms with Gasteiger partial charge >= 0.3 is 12.0 Å². The van der Waals surface area contributed by atoms with Gasteiger partial charge in [0.2, 0.25) is 0 Å². The summed E-state index contributed by atoms with van der Waals surface area (Å²) in [6, 6.07) is 8.58. The van der Waals surface area contributed by atoms with Crippen LogP contribution in [0.5, 0.6) is 0 Å². The molecule has 2 aromatic rings. The summed E-state index contributed by atoms with van der Waals surface area (Å²) < 4.78 is 29.6. The Morgan fingerprint density at radius 3 is 2.43 bits per heavy atom. The molecule has 2 amide bonds. The molecule has 1 aromatic carbocycles. The second-order valence-corrected chi connectivity index (χ2v) is 7.91. The number of amides is 2. The standard InChI is InChI=1S/C19H20FN3O4S/c1-27-18(24)14-2-5-16(21-12-14)13-23(17-6-3-15(20)4-7-17)19(25)22-8-10-28(26)11-9-22/h2-7,12H,8-11,13H2,1H3. The summed E-state index contributed by atoms with van der Waals surface area (Å²) >= 11 is 0. The van der Waals surface area contributed by atoms with Crippen molar-refractivity contribution in [1.29, 1.82) is 0 Å². The molecule has 0 radical (unpaired) electrons. The van der Waals surface area contributed by atoms with Crippen molar-refractivity contribution < 1.29 is 22.9 Å². The highest BCUT2D eigenvalue weighted by Crippen LogP contribution is 2.20. The number of carbonyl (C=O) groups excluding carboxylic acids is 2. The van der Waals surface area contributed by atoms with Gasteiger partial charge in [0.1, 0.15) is 5.82 Å². The molecule has 0 spiro atoms. The van der Waals surface area contributed by atoms with Crippen LogP contribution in [0.2, 0.25) is 0 Å². The minimum atomic E-state index is -0.902. The zero-order valence-electron chi connectivity index (χ0n) is 15.3. The summed E-state index contributed by atoms with van der Waals surface area (Å²) in [7, 11) is 0.386. The van der Waals surface area contributed by atoms with Crippen molar-refractivity contribution in [1.82, 2.24) is 9.88 Å². The fourth-order valence-electron chi connectivity index (χ4n) is 2.81. The van der Waals surface area contributed by atoms with Gasteiger partial charge in [-0.05, 0) is 36.4 Å². The Hall–Kier alpha value is -2.81. The van der Waals surface area contributed by atoms with Gasteiger partial charge < -0.3 is 9.64 Å². The van der Waals surface area contributed by atoms with Crippen LogP contribution in [-0.2, 0) is 22.1 Å². The molecule has 1 aliphatic rings. The van der Waals surface area contributed by atoms with Crippen LogP contribution in [0.1, 0.15) is 16.1 Å². The van der Waals surface area contributed by atoms with Crippen LogP contribution in [0.4, 0.5) is 14.9 Å². The van der Waals surface area contributed by atoms with Crippen molar-refractivity contribution in [3.63, 3.8) is 0 Å². The molecule has 148 valence electrons. The maximum absolute atomic E-state index is 13.3. The lowest BCUT2D eigenvalue weighted by molar-refractivity contribution is 0.0600. The number of hydrogen-bond donors (Lipinski definition) is 0. The number of carbonyl (C=O) groups is 2. The van der Waals surface area contributed by atoms with Crippen molar-refractivity contribution in [2.24, 2.45) is 0 Å². The quantitative estimate of drug-likeness (QED) is 0.729. The van der Waals surface area contributed by atoms with E-state index in [1.54, 1.807) is 17.0 Å². The number of anilines is 1. The first-order chi connectivity index (χ1) is 13.5. The molecule has 3 rings (SSSR count). The average Bonchev–Trinajstić information content (AvgIpc) is 2.73. The molecule has 28 heavy (non-hydrogen) atoms. The highest BCUT2D eigenvalue weighted by atomic mass is 32.2. The SMILES string of the molecule is COC(=O)c1ccc(CN(C(=O)N2CCS(=O)CC2)c2ccc(F)cc2)nc1. The average molecular weight is 405 g/mol. The molecule has 9 heteroatoms. The Kier molecular flexibility index (Phi) is 6.35. The van der Waals surface area contributed by atoms with Gasteiger partial charge in [-0.15, -0.1) is 0 Å². The molecule has 0 aliphatic carbocycles. The van der Waals surface area contributed by atoms with Gasteiger partial charge in [0, 0.05) is 47.3 Å². The van der Waals surface area contributed by atoms with Gasteiger partial charge in [-0.2, -0.15) is 0 Å². The normalized spacial score (nSPS) is 14.6. The summed E-state index contributed by atoms with van der Waals surface area (Å²) in [4.78, 5) is 32.0. The molecule has 0 saturated carbocycles. The van der Waals surface area contributed by atoms with Crippen molar-refractivity contribution in [3.8, 4) is 0 Å². The molecular formula is C19H20FN3O4S. The number of halogens is 1. The third-order valence-electron chi connectivity index (χ3n) is 4.38. The van der Waals surface area contributed by atoms with Gasteiger partial charge in [0.05, 0.1) is 24.9 Å². The molecule has 1 aliphatic heterocycles. The largest absolute Gasteiger partial charge is 0.465 e. The van der Waals surface area contributed by atoms with Crippen LogP contribution in [0.15, 0.2) is 42.6 Å². The number of pyridine rings is 1. The van der Waals surface area contributed by atoms with E-state index >= 15 is 0 Å².